The van der Waals surface area contributed by atoms with E-state index in [1.54, 1.807) is 18.2 Å². The highest BCUT2D eigenvalue weighted by Gasteiger charge is 2.17. The van der Waals surface area contributed by atoms with E-state index < -0.39 is 5.63 Å². The van der Waals surface area contributed by atoms with Gasteiger partial charge in [0, 0.05) is 47.9 Å². The molecular formula is C24H23N3O5. The summed E-state index contributed by atoms with van der Waals surface area (Å²) in [5.74, 6) is 0.240. The molecule has 8 heteroatoms. The van der Waals surface area contributed by atoms with Gasteiger partial charge in [0.1, 0.15) is 16.9 Å². The molecule has 4 rings (SSSR count). The van der Waals surface area contributed by atoms with Crippen LogP contribution in [-0.2, 0) is 11.2 Å². The number of aromatic nitrogens is 1. The molecule has 0 unspecified atom stereocenters. The summed E-state index contributed by atoms with van der Waals surface area (Å²) in [7, 11) is 0. The van der Waals surface area contributed by atoms with Crippen molar-refractivity contribution in [3.63, 3.8) is 0 Å². The fourth-order valence-electron chi connectivity index (χ4n) is 3.64. The van der Waals surface area contributed by atoms with E-state index in [2.05, 4.69) is 15.6 Å². The number of aryl methyl sites for hydroxylation is 3. The number of hydrogen-bond acceptors (Lipinski definition) is 6. The number of carbonyl (C=O) groups is 2. The van der Waals surface area contributed by atoms with Gasteiger partial charge in [0.15, 0.2) is 0 Å². The normalized spacial score (nSPS) is 11.1. The molecule has 0 saturated carbocycles. The first-order valence-corrected chi connectivity index (χ1v) is 10.3. The van der Waals surface area contributed by atoms with E-state index in [4.69, 9.17) is 8.83 Å². The minimum atomic E-state index is -0.546. The molecule has 4 aromatic rings. The highest BCUT2D eigenvalue weighted by molar-refractivity contribution is 5.97. The van der Waals surface area contributed by atoms with Crippen LogP contribution in [-0.4, -0.2) is 29.9 Å². The van der Waals surface area contributed by atoms with Crippen molar-refractivity contribution in [1.82, 2.24) is 15.6 Å². The van der Waals surface area contributed by atoms with Crippen molar-refractivity contribution in [2.24, 2.45) is 0 Å². The second-order valence-corrected chi connectivity index (χ2v) is 7.64. The van der Waals surface area contributed by atoms with Crippen LogP contribution in [0.3, 0.4) is 0 Å². The summed E-state index contributed by atoms with van der Waals surface area (Å²) in [6, 6.07) is 6.87. The van der Waals surface area contributed by atoms with E-state index >= 15 is 0 Å². The lowest BCUT2D eigenvalue weighted by Crippen LogP contribution is -2.36. The van der Waals surface area contributed by atoms with Crippen molar-refractivity contribution in [2.75, 3.05) is 13.1 Å². The molecule has 3 heterocycles. The standard InChI is InChI=1S/C24H23N3O5/c1-13-15(3)31-20-12-21-18(10-17(13)20)14(2)19(24(30)32-21)11-22(28)26-8-9-27-23(29)16-4-6-25-7-5-16/h4-7,10,12H,8-9,11H2,1-3H3,(H,26,28)(H,27,29). The third-order valence-corrected chi connectivity index (χ3v) is 5.60. The third kappa shape index (κ3) is 4.12. The molecule has 3 aromatic heterocycles. The number of benzene rings is 1. The van der Waals surface area contributed by atoms with Gasteiger partial charge in [0.2, 0.25) is 5.91 Å². The smallest absolute Gasteiger partial charge is 0.340 e. The van der Waals surface area contributed by atoms with Crippen LogP contribution in [0.5, 0.6) is 0 Å². The van der Waals surface area contributed by atoms with Gasteiger partial charge >= 0.3 is 5.63 Å². The number of nitrogens with zero attached hydrogens (tertiary/aromatic N) is 1. The van der Waals surface area contributed by atoms with Gasteiger partial charge in [0.25, 0.3) is 5.91 Å². The zero-order valence-electron chi connectivity index (χ0n) is 18.1. The molecule has 2 amide bonds. The molecule has 164 valence electrons. The van der Waals surface area contributed by atoms with Crippen LogP contribution in [0, 0.1) is 20.8 Å². The van der Waals surface area contributed by atoms with Gasteiger partial charge in [-0.05, 0) is 50.1 Å². The van der Waals surface area contributed by atoms with Gasteiger partial charge in [-0.25, -0.2) is 4.79 Å². The lowest BCUT2D eigenvalue weighted by atomic mass is 10.0. The average molecular weight is 433 g/mol. The van der Waals surface area contributed by atoms with Crippen LogP contribution in [0.2, 0.25) is 0 Å². The second-order valence-electron chi connectivity index (χ2n) is 7.64. The molecule has 2 N–H and O–H groups in total. The molecule has 0 aliphatic carbocycles. The van der Waals surface area contributed by atoms with Gasteiger partial charge in [-0.2, -0.15) is 0 Å². The molecule has 0 aliphatic rings. The van der Waals surface area contributed by atoms with Crippen molar-refractivity contribution in [2.45, 2.75) is 27.2 Å². The minimum Gasteiger partial charge on any atom is -0.461 e. The number of hydrogen-bond donors (Lipinski definition) is 2. The number of carbonyl (C=O) groups excluding carboxylic acids is 2. The van der Waals surface area contributed by atoms with Crippen LogP contribution >= 0.6 is 0 Å². The molecule has 0 radical (unpaired) electrons. The zero-order chi connectivity index (χ0) is 22.8. The molecule has 0 saturated heterocycles. The third-order valence-electron chi connectivity index (χ3n) is 5.60. The van der Waals surface area contributed by atoms with Crippen molar-refractivity contribution >= 4 is 33.8 Å². The summed E-state index contributed by atoms with van der Waals surface area (Å²) in [6.45, 7) is 6.17. The topological polar surface area (TPSA) is 114 Å². The van der Waals surface area contributed by atoms with Crippen LogP contribution in [0.15, 0.2) is 50.3 Å². The fraction of sp³-hybridized carbons (Fsp3) is 0.250. The number of furan rings is 1. The van der Waals surface area contributed by atoms with Crippen molar-refractivity contribution < 1.29 is 18.4 Å². The number of fused-ring (bicyclic) bond motifs is 2. The Morgan fingerprint density at radius 3 is 2.31 bits per heavy atom. The number of nitrogens with one attached hydrogen (secondary N) is 2. The van der Waals surface area contributed by atoms with E-state index in [0.29, 0.717) is 27.9 Å². The van der Waals surface area contributed by atoms with Crippen molar-refractivity contribution in [1.29, 1.82) is 0 Å². The predicted molar refractivity (Wildman–Crippen MR) is 120 cm³/mol. The minimum absolute atomic E-state index is 0.107. The van der Waals surface area contributed by atoms with Gasteiger partial charge in [-0.1, -0.05) is 0 Å². The Kier molecular flexibility index (Phi) is 5.77. The Morgan fingerprint density at radius 1 is 0.906 bits per heavy atom. The summed E-state index contributed by atoms with van der Waals surface area (Å²) in [4.78, 5) is 40.8. The van der Waals surface area contributed by atoms with E-state index in [9.17, 15) is 14.4 Å². The average Bonchev–Trinajstić information content (AvgIpc) is 3.06. The largest absolute Gasteiger partial charge is 0.461 e. The van der Waals surface area contributed by atoms with Crippen LogP contribution in [0.25, 0.3) is 21.9 Å². The SMILES string of the molecule is Cc1oc2cc3oc(=O)c(CC(=O)NCCNC(=O)c4ccncc4)c(C)c3cc2c1C. The molecule has 8 nitrogen and oxygen atoms in total. The lowest BCUT2D eigenvalue weighted by molar-refractivity contribution is -0.120. The number of pyridine rings is 1. The monoisotopic (exact) mass is 433 g/mol. The highest BCUT2D eigenvalue weighted by Crippen LogP contribution is 2.30. The Labute approximate surface area is 183 Å². The Balaban J connectivity index is 1.44. The predicted octanol–water partition coefficient (Wildman–Crippen LogP) is 2.95. The Hall–Kier alpha value is -3.94. The quantitative estimate of drug-likeness (QED) is 0.357. The maximum Gasteiger partial charge on any atom is 0.340 e. The number of amides is 2. The summed E-state index contributed by atoms with van der Waals surface area (Å²) in [5.41, 5.74) is 3.08. The van der Waals surface area contributed by atoms with E-state index in [1.807, 2.05) is 26.8 Å². The zero-order valence-corrected chi connectivity index (χ0v) is 18.1. The van der Waals surface area contributed by atoms with Crippen molar-refractivity contribution in [3.8, 4) is 0 Å². The summed E-state index contributed by atoms with van der Waals surface area (Å²) in [6.07, 6.45) is 2.96. The Bertz CT molecular complexity index is 1390. The van der Waals surface area contributed by atoms with Crippen LogP contribution < -0.4 is 16.3 Å². The summed E-state index contributed by atoms with van der Waals surface area (Å²) < 4.78 is 11.2. The molecule has 1 aromatic carbocycles. The van der Waals surface area contributed by atoms with Crippen LogP contribution in [0.4, 0.5) is 0 Å². The Morgan fingerprint density at radius 2 is 1.56 bits per heavy atom. The van der Waals surface area contributed by atoms with E-state index in [-0.39, 0.29) is 31.3 Å². The van der Waals surface area contributed by atoms with Crippen LogP contribution in [0.1, 0.15) is 32.8 Å². The first kappa shape index (κ1) is 21.3. The summed E-state index contributed by atoms with van der Waals surface area (Å²) in [5, 5.41) is 7.16. The molecular weight excluding hydrogens is 410 g/mol. The molecule has 0 bridgehead atoms. The van der Waals surface area contributed by atoms with Gasteiger partial charge in [-0.15, -0.1) is 0 Å². The van der Waals surface area contributed by atoms with Gasteiger partial charge in [-0.3, -0.25) is 14.6 Å². The van der Waals surface area contributed by atoms with Gasteiger partial charge in [0.05, 0.1) is 12.0 Å². The molecule has 0 spiro atoms. The lowest BCUT2D eigenvalue weighted by Gasteiger charge is -2.09. The first-order valence-electron chi connectivity index (χ1n) is 10.3. The summed E-state index contributed by atoms with van der Waals surface area (Å²) >= 11 is 0. The van der Waals surface area contributed by atoms with Crippen molar-refractivity contribution in [3.05, 3.63) is 75.1 Å². The first-order chi connectivity index (χ1) is 15.3. The molecule has 0 fully saturated rings. The molecule has 32 heavy (non-hydrogen) atoms. The second kappa shape index (κ2) is 8.66. The molecule has 0 atom stereocenters. The molecule has 0 aliphatic heterocycles. The highest BCUT2D eigenvalue weighted by atomic mass is 16.4. The van der Waals surface area contributed by atoms with E-state index in [0.717, 1.165) is 22.1 Å². The maximum atomic E-state index is 12.5. The van der Waals surface area contributed by atoms with Gasteiger partial charge < -0.3 is 19.5 Å². The fourth-order valence-corrected chi connectivity index (χ4v) is 3.64. The maximum absolute atomic E-state index is 12.5. The van der Waals surface area contributed by atoms with E-state index in [1.165, 1.54) is 12.4 Å². The number of rotatable bonds is 6.